The van der Waals surface area contributed by atoms with Crippen LogP contribution in [-0.4, -0.2) is 22.8 Å². The summed E-state index contributed by atoms with van der Waals surface area (Å²) < 4.78 is 0. The van der Waals surface area contributed by atoms with Crippen molar-refractivity contribution >= 4 is 23.1 Å². The van der Waals surface area contributed by atoms with Gasteiger partial charge in [0.05, 0.1) is 6.04 Å². The molecule has 0 saturated carbocycles. The minimum atomic E-state index is -0.127. The van der Waals surface area contributed by atoms with Gasteiger partial charge in [-0.15, -0.1) is 11.3 Å². The Hall–Kier alpha value is -1.92. The van der Waals surface area contributed by atoms with Gasteiger partial charge in [0, 0.05) is 11.9 Å². The lowest BCUT2D eigenvalue weighted by molar-refractivity contribution is 0.0739. The van der Waals surface area contributed by atoms with Crippen molar-refractivity contribution in [2.45, 2.75) is 13.0 Å². The average Bonchev–Trinajstić information content (AvgIpc) is 2.99. The van der Waals surface area contributed by atoms with Gasteiger partial charge in [-0.2, -0.15) is 0 Å². The van der Waals surface area contributed by atoms with E-state index in [1.807, 2.05) is 24.4 Å². The van der Waals surface area contributed by atoms with Crippen molar-refractivity contribution in [1.82, 2.24) is 9.88 Å². The lowest BCUT2D eigenvalue weighted by Gasteiger charge is -2.23. The van der Waals surface area contributed by atoms with E-state index < -0.39 is 0 Å². The first kappa shape index (κ1) is 13.5. The van der Waals surface area contributed by atoms with Gasteiger partial charge in [0.1, 0.15) is 11.5 Å². The van der Waals surface area contributed by atoms with E-state index in [1.165, 1.54) is 0 Å². The van der Waals surface area contributed by atoms with Crippen LogP contribution in [0.15, 0.2) is 35.7 Å². The van der Waals surface area contributed by atoms with Gasteiger partial charge < -0.3 is 10.3 Å². The number of amides is 1. The molecule has 19 heavy (non-hydrogen) atoms. The Labute approximate surface area is 116 Å². The molecule has 0 spiro atoms. The summed E-state index contributed by atoms with van der Waals surface area (Å²) in [5, 5.41) is 2.00. The smallest absolute Gasteiger partial charge is 0.272 e. The Morgan fingerprint density at radius 3 is 2.84 bits per heavy atom. The molecule has 5 nitrogen and oxygen atoms in total. The number of nitrogens with zero attached hydrogens (tertiary/aromatic N) is 2. The molecule has 0 aromatic carbocycles. The maximum Gasteiger partial charge on any atom is 0.272 e. The molecule has 0 fully saturated rings. The average molecular weight is 276 g/mol. The van der Waals surface area contributed by atoms with E-state index in [1.54, 1.807) is 41.5 Å². The van der Waals surface area contributed by atoms with Crippen LogP contribution < -0.4 is 11.3 Å². The number of aromatic nitrogens is 1. The summed E-state index contributed by atoms with van der Waals surface area (Å²) in [6.07, 6.45) is 0. The lowest BCUT2D eigenvalue weighted by Crippen LogP contribution is -2.30. The highest BCUT2D eigenvalue weighted by molar-refractivity contribution is 7.10. The Kier molecular flexibility index (Phi) is 4.13. The molecule has 0 aliphatic rings. The fourth-order valence-corrected chi connectivity index (χ4v) is 2.54. The topological polar surface area (TPSA) is 71.2 Å². The highest BCUT2D eigenvalue weighted by Gasteiger charge is 2.20. The summed E-state index contributed by atoms with van der Waals surface area (Å²) in [5.74, 6) is 5.64. The number of carbonyl (C=O) groups is 1. The summed E-state index contributed by atoms with van der Waals surface area (Å²) in [7, 11) is 1.77. The molecule has 0 aliphatic heterocycles. The lowest BCUT2D eigenvalue weighted by atomic mass is 10.2. The number of nitrogens with two attached hydrogens (primary N) is 1. The first-order valence-corrected chi connectivity index (χ1v) is 6.75. The third-order valence-electron chi connectivity index (χ3n) is 2.97. The van der Waals surface area contributed by atoms with Crippen LogP contribution in [-0.2, 0) is 0 Å². The van der Waals surface area contributed by atoms with Crippen molar-refractivity contribution in [1.29, 1.82) is 0 Å². The van der Waals surface area contributed by atoms with Crippen molar-refractivity contribution in [3.05, 3.63) is 46.3 Å². The fraction of sp³-hybridized carbons (Fsp3) is 0.231. The van der Waals surface area contributed by atoms with Gasteiger partial charge >= 0.3 is 0 Å². The SMILES string of the molecule is CC(c1cccs1)N(C)C(=O)c1cccc(NN)n1. The van der Waals surface area contributed by atoms with Gasteiger partial charge in [-0.25, -0.2) is 10.8 Å². The molecule has 3 N–H and O–H groups in total. The first-order valence-electron chi connectivity index (χ1n) is 5.87. The Bertz CT molecular complexity index is 556. The van der Waals surface area contributed by atoms with Crippen LogP contribution in [0, 0.1) is 0 Å². The minimum absolute atomic E-state index is 0.0174. The molecule has 0 bridgehead atoms. The molecule has 1 atom stereocenters. The number of thiophene rings is 1. The second kappa shape index (κ2) is 5.81. The van der Waals surface area contributed by atoms with E-state index in [9.17, 15) is 4.79 Å². The number of nitrogen functional groups attached to an aromatic ring is 1. The predicted molar refractivity (Wildman–Crippen MR) is 76.9 cm³/mol. The maximum absolute atomic E-state index is 12.3. The van der Waals surface area contributed by atoms with E-state index in [0.29, 0.717) is 11.5 Å². The van der Waals surface area contributed by atoms with Crippen LogP contribution >= 0.6 is 11.3 Å². The van der Waals surface area contributed by atoms with Crippen LogP contribution in [0.5, 0.6) is 0 Å². The van der Waals surface area contributed by atoms with Gasteiger partial charge in [-0.1, -0.05) is 12.1 Å². The minimum Gasteiger partial charge on any atom is -0.333 e. The molecule has 6 heteroatoms. The number of anilines is 1. The van der Waals surface area contributed by atoms with Gasteiger partial charge in [-0.05, 0) is 30.5 Å². The molecule has 0 radical (unpaired) electrons. The zero-order valence-electron chi connectivity index (χ0n) is 10.8. The monoisotopic (exact) mass is 276 g/mol. The molecular formula is C13H16N4OS. The van der Waals surface area contributed by atoms with Crippen LogP contribution in [0.3, 0.4) is 0 Å². The third kappa shape index (κ3) is 2.91. The van der Waals surface area contributed by atoms with Crippen LogP contribution in [0.1, 0.15) is 28.3 Å². The van der Waals surface area contributed by atoms with Gasteiger partial charge in [0.2, 0.25) is 0 Å². The number of hydrogen-bond acceptors (Lipinski definition) is 5. The van der Waals surface area contributed by atoms with Crippen molar-refractivity contribution < 1.29 is 4.79 Å². The van der Waals surface area contributed by atoms with Gasteiger partial charge in [-0.3, -0.25) is 4.79 Å². The van der Waals surface area contributed by atoms with Crippen LogP contribution in [0.25, 0.3) is 0 Å². The zero-order chi connectivity index (χ0) is 13.8. The van der Waals surface area contributed by atoms with Crippen molar-refractivity contribution in [3.63, 3.8) is 0 Å². The van der Waals surface area contributed by atoms with Crippen LogP contribution in [0.4, 0.5) is 5.82 Å². The number of hydrogen-bond donors (Lipinski definition) is 2. The zero-order valence-corrected chi connectivity index (χ0v) is 11.6. The van der Waals surface area contributed by atoms with Crippen molar-refractivity contribution in [3.8, 4) is 0 Å². The summed E-state index contributed by atoms with van der Waals surface area (Å²) in [6.45, 7) is 1.99. The van der Waals surface area contributed by atoms with E-state index in [2.05, 4.69) is 10.4 Å². The standard InChI is InChI=1S/C13H16N4OS/c1-9(11-6-4-8-19-11)17(2)13(18)10-5-3-7-12(15-10)16-14/h3-9H,14H2,1-2H3,(H,15,16). The second-order valence-corrected chi connectivity index (χ2v) is 5.14. The Morgan fingerprint density at radius 2 is 2.21 bits per heavy atom. The molecule has 100 valence electrons. The Balaban J connectivity index is 2.18. The van der Waals surface area contributed by atoms with E-state index >= 15 is 0 Å². The highest BCUT2D eigenvalue weighted by Crippen LogP contribution is 2.24. The van der Waals surface area contributed by atoms with Crippen LogP contribution in [0.2, 0.25) is 0 Å². The maximum atomic E-state index is 12.3. The number of hydrazine groups is 1. The molecule has 2 aromatic rings. The number of pyridine rings is 1. The van der Waals surface area contributed by atoms with Crippen molar-refractivity contribution in [2.75, 3.05) is 12.5 Å². The normalized spacial score (nSPS) is 11.9. The summed E-state index contributed by atoms with van der Waals surface area (Å²) in [6, 6.07) is 9.15. The van der Waals surface area contributed by atoms with Gasteiger partial charge in [0.25, 0.3) is 5.91 Å². The molecule has 2 heterocycles. The number of nitrogens with one attached hydrogen (secondary N) is 1. The molecular weight excluding hydrogens is 260 g/mol. The fourth-order valence-electron chi connectivity index (χ4n) is 1.71. The van der Waals surface area contributed by atoms with E-state index in [0.717, 1.165) is 4.88 Å². The van der Waals surface area contributed by atoms with Crippen molar-refractivity contribution in [2.24, 2.45) is 5.84 Å². The van der Waals surface area contributed by atoms with E-state index in [-0.39, 0.29) is 11.9 Å². The summed E-state index contributed by atoms with van der Waals surface area (Å²) in [4.78, 5) is 19.3. The van der Waals surface area contributed by atoms with E-state index in [4.69, 9.17) is 5.84 Å². The molecule has 2 aromatic heterocycles. The molecule has 0 aliphatic carbocycles. The predicted octanol–water partition coefficient (Wildman–Crippen LogP) is 2.26. The van der Waals surface area contributed by atoms with Gasteiger partial charge in [0.15, 0.2) is 0 Å². The first-order chi connectivity index (χ1) is 9.13. The summed E-state index contributed by atoms with van der Waals surface area (Å²) in [5.41, 5.74) is 2.81. The Morgan fingerprint density at radius 1 is 1.42 bits per heavy atom. The molecule has 1 amide bonds. The quantitative estimate of drug-likeness (QED) is 0.664. The number of rotatable bonds is 4. The molecule has 1 unspecified atom stereocenters. The highest BCUT2D eigenvalue weighted by atomic mass is 32.1. The molecule has 2 rings (SSSR count). The third-order valence-corrected chi connectivity index (χ3v) is 4.01. The second-order valence-electron chi connectivity index (χ2n) is 4.16. The number of carbonyl (C=O) groups excluding carboxylic acids is 1. The summed E-state index contributed by atoms with van der Waals surface area (Å²) >= 11 is 1.63. The molecule has 0 saturated heterocycles. The largest absolute Gasteiger partial charge is 0.333 e.